The van der Waals surface area contributed by atoms with Crippen LogP contribution in [0.1, 0.15) is 71.1 Å². The predicted molar refractivity (Wildman–Crippen MR) is 77.4 cm³/mol. The Bertz CT molecular complexity index is 178. The molecule has 1 rings (SSSR count). The molecule has 1 aliphatic rings. The lowest BCUT2D eigenvalue weighted by molar-refractivity contribution is 0.418. The monoisotopic (exact) mass is 320 g/mol. The Morgan fingerprint density at radius 2 is 1.87 bits per heavy atom. The van der Waals surface area contributed by atoms with Crippen molar-refractivity contribution in [3.8, 4) is 0 Å². The van der Waals surface area contributed by atoms with Gasteiger partial charge in [-0.05, 0) is 57.8 Å². The highest BCUT2D eigenvalue weighted by Gasteiger charge is 2.10. The molecule has 0 heterocycles. The first-order valence-corrected chi connectivity index (χ1v) is 7.77. The summed E-state index contributed by atoms with van der Waals surface area (Å²) < 4.78 is 1.62. The lowest BCUT2D eigenvalue weighted by Crippen LogP contribution is -2.03. The number of rotatable bonds is 6. The highest BCUT2D eigenvalue weighted by atomic mass is 127. The SMILES string of the molecule is CCCCCC/C(I)=C/C1CCCCC1. The molecule has 0 unspecified atom stereocenters. The molecular weight excluding hydrogens is 295 g/mol. The molecule has 0 aliphatic heterocycles. The summed E-state index contributed by atoms with van der Waals surface area (Å²) >= 11 is 2.56. The minimum Gasteiger partial charge on any atom is -0.0721 e. The van der Waals surface area contributed by atoms with Crippen LogP contribution < -0.4 is 0 Å². The summed E-state index contributed by atoms with van der Waals surface area (Å²) in [5, 5.41) is 0. The summed E-state index contributed by atoms with van der Waals surface area (Å²) in [5.41, 5.74) is 0. The van der Waals surface area contributed by atoms with Gasteiger partial charge in [-0.2, -0.15) is 0 Å². The van der Waals surface area contributed by atoms with Crippen LogP contribution in [0.3, 0.4) is 0 Å². The molecular formula is C14H25I. The van der Waals surface area contributed by atoms with Gasteiger partial charge in [-0.1, -0.05) is 51.5 Å². The van der Waals surface area contributed by atoms with E-state index in [9.17, 15) is 0 Å². The van der Waals surface area contributed by atoms with Crippen LogP contribution in [0.5, 0.6) is 0 Å². The molecule has 0 radical (unpaired) electrons. The Morgan fingerprint density at radius 1 is 1.13 bits per heavy atom. The Morgan fingerprint density at radius 3 is 2.53 bits per heavy atom. The average Bonchev–Trinajstić information content (AvgIpc) is 2.26. The lowest BCUT2D eigenvalue weighted by Gasteiger charge is -2.18. The topological polar surface area (TPSA) is 0 Å². The third kappa shape index (κ3) is 6.60. The van der Waals surface area contributed by atoms with Crippen molar-refractivity contribution in [3.63, 3.8) is 0 Å². The smallest absolute Gasteiger partial charge is 0.0131 e. The standard InChI is InChI=1S/C14H25I/c1-2-3-4-8-11-14(15)12-13-9-6-5-7-10-13/h12-13H,2-11H2,1H3/b14-12-. The Balaban J connectivity index is 2.13. The molecule has 0 spiro atoms. The van der Waals surface area contributed by atoms with Crippen LogP contribution in [0.15, 0.2) is 9.66 Å². The lowest BCUT2D eigenvalue weighted by atomic mass is 9.89. The van der Waals surface area contributed by atoms with Gasteiger partial charge in [-0.25, -0.2) is 0 Å². The second kappa shape index (κ2) is 8.60. The van der Waals surface area contributed by atoms with Gasteiger partial charge in [-0.3, -0.25) is 0 Å². The first-order valence-electron chi connectivity index (χ1n) is 6.69. The van der Waals surface area contributed by atoms with Crippen molar-refractivity contribution in [2.45, 2.75) is 71.1 Å². The van der Waals surface area contributed by atoms with Crippen molar-refractivity contribution in [1.82, 2.24) is 0 Å². The van der Waals surface area contributed by atoms with E-state index in [-0.39, 0.29) is 0 Å². The van der Waals surface area contributed by atoms with Crippen LogP contribution in [0.2, 0.25) is 0 Å². The van der Waals surface area contributed by atoms with E-state index < -0.39 is 0 Å². The maximum Gasteiger partial charge on any atom is -0.0131 e. The highest BCUT2D eigenvalue weighted by Crippen LogP contribution is 2.28. The van der Waals surface area contributed by atoms with E-state index >= 15 is 0 Å². The van der Waals surface area contributed by atoms with E-state index in [0.717, 1.165) is 5.92 Å². The van der Waals surface area contributed by atoms with Crippen LogP contribution in [-0.4, -0.2) is 0 Å². The largest absolute Gasteiger partial charge is 0.0721 e. The van der Waals surface area contributed by atoms with Gasteiger partial charge in [0.25, 0.3) is 0 Å². The molecule has 0 nitrogen and oxygen atoms in total. The van der Waals surface area contributed by atoms with Gasteiger partial charge in [0.1, 0.15) is 0 Å². The van der Waals surface area contributed by atoms with Crippen molar-refractivity contribution in [3.05, 3.63) is 9.66 Å². The summed E-state index contributed by atoms with van der Waals surface area (Å²) in [5.74, 6) is 0.914. The third-order valence-electron chi connectivity index (χ3n) is 3.34. The van der Waals surface area contributed by atoms with Crippen LogP contribution in [0.4, 0.5) is 0 Å². The summed E-state index contributed by atoms with van der Waals surface area (Å²) in [4.78, 5) is 0. The fraction of sp³-hybridized carbons (Fsp3) is 0.857. The van der Waals surface area contributed by atoms with Crippen molar-refractivity contribution < 1.29 is 0 Å². The van der Waals surface area contributed by atoms with Gasteiger partial charge in [-0.15, -0.1) is 0 Å². The van der Waals surface area contributed by atoms with E-state index in [0.29, 0.717) is 0 Å². The average molecular weight is 320 g/mol. The predicted octanol–water partition coefficient (Wildman–Crippen LogP) is 5.86. The minimum atomic E-state index is 0.914. The Kier molecular flexibility index (Phi) is 7.76. The van der Waals surface area contributed by atoms with Gasteiger partial charge >= 0.3 is 0 Å². The number of allylic oxidation sites excluding steroid dienone is 2. The molecule has 1 fully saturated rings. The van der Waals surface area contributed by atoms with E-state index in [4.69, 9.17) is 0 Å². The zero-order chi connectivity index (χ0) is 10.9. The third-order valence-corrected chi connectivity index (χ3v) is 4.23. The van der Waals surface area contributed by atoms with Crippen molar-refractivity contribution in [2.75, 3.05) is 0 Å². The van der Waals surface area contributed by atoms with Gasteiger partial charge in [0.15, 0.2) is 0 Å². The van der Waals surface area contributed by atoms with Crippen molar-refractivity contribution >= 4 is 22.6 Å². The highest BCUT2D eigenvalue weighted by molar-refractivity contribution is 14.1. The molecule has 0 saturated heterocycles. The molecule has 0 aromatic heterocycles. The second-order valence-corrected chi connectivity index (χ2v) is 6.21. The molecule has 0 atom stereocenters. The molecule has 88 valence electrons. The maximum atomic E-state index is 2.56. The summed E-state index contributed by atoms with van der Waals surface area (Å²) in [6.07, 6.45) is 16.7. The quantitative estimate of drug-likeness (QED) is 0.425. The molecule has 1 saturated carbocycles. The fourth-order valence-corrected chi connectivity index (χ4v) is 3.25. The van der Waals surface area contributed by atoms with E-state index in [1.165, 1.54) is 64.2 Å². The van der Waals surface area contributed by atoms with Gasteiger partial charge in [0.05, 0.1) is 0 Å². The van der Waals surface area contributed by atoms with E-state index in [1.54, 1.807) is 3.58 Å². The first-order chi connectivity index (χ1) is 7.33. The molecule has 0 aromatic rings. The van der Waals surface area contributed by atoms with Gasteiger partial charge in [0, 0.05) is 0 Å². The van der Waals surface area contributed by atoms with Crippen LogP contribution in [-0.2, 0) is 0 Å². The Labute approximate surface area is 109 Å². The maximum absolute atomic E-state index is 2.56. The summed E-state index contributed by atoms with van der Waals surface area (Å²) in [7, 11) is 0. The zero-order valence-electron chi connectivity index (χ0n) is 10.1. The number of hydrogen-bond donors (Lipinski definition) is 0. The molecule has 0 N–H and O–H groups in total. The number of unbranched alkanes of at least 4 members (excludes halogenated alkanes) is 3. The fourth-order valence-electron chi connectivity index (χ4n) is 2.36. The molecule has 0 aromatic carbocycles. The molecule has 1 aliphatic carbocycles. The number of hydrogen-bond acceptors (Lipinski definition) is 0. The van der Waals surface area contributed by atoms with Crippen LogP contribution >= 0.6 is 22.6 Å². The van der Waals surface area contributed by atoms with Crippen molar-refractivity contribution in [2.24, 2.45) is 5.92 Å². The molecule has 0 bridgehead atoms. The van der Waals surface area contributed by atoms with E-state index in [2.05, 4.69) is 35.6 Å². The molecule has 0 amide bonds. The van der Waals surface area contributed by atoms with E-state index in [1.807, 2.05) is 0 Å². The zero-order valence-corrected chi connectivity index (χ0v) is 12.3. The molecule has 1 heteroatoms. The first kappa shape index (κ1) is 13.5. The van der Waals surface area contributed by atoms with Crippen LogP contribution in [0.25, 0.3) is 0 Å². The summed E-state index contributed by atoms with van der Waals surface area (Å²) in [6.45, 7) is 2.28. The van der Waals surface area contributed by atoms with Gasteiger partial charge in [0.2, 0.25) is 0 Å². The number of halogens is 1. The molecule has 15 heavy (non-hydrogen) atoms. The minimum absolute atomic E-state index is 0.914. The second-order valence-electron chi connectivity index (χ2n) is 4.82. The normalized spacial score (nSPS) is 19.5. The van der Waals surface area contributed by atoms with Crippen molar-refractivity contribution in [1.29, 1.82) is 0 Å². The van der Waals surface area contributed by atoms with Crippen LogP contribution in [0, 0.1) is 5.92 Å². The summed E-state index contributed by atoms with van der Waals surface area (Å²) in [6, 6.07) is 0. The Hall–Kier alpha value is 0.470. The van der Waals surface area contributed by atoms with Gasteiger partial charge < -0.3 is 0 Å².